The third kappa shape index (κ3) is 3.76. The molecular formula is C14H25BrN2O3Si. The highest BCUT2D eigenvalue weighted by atomic mass is 79.9. The molecule has 1 atom stereocenters. The van der Waals surface area contributed by atoms with Gasteiger partial charge < -0.3 is 4.43 Å². The molecule has 120 valence electrons. The van der Waals surface area contributed by atoms with Gasteiger partial charge in [-0.2, -0.15) is 0 Å². The van der Waals surface area contributed by atoms with E-state index < -0.39 is 8.32 Å². The molecule has 0 aliphatic carbocycles. The molecule has 0 spiro atoms. The molecule has 0 aromatic heterocycles. The molecule has 0 saturated carbocycles. The zero-order chi connectivity index (χ0) is 16.6. The Labute approximate surface area is 136 Å². The first-order valence-corrected chi connectivity index (χ1v) is 10.8. The van der Waals surface area contributed by atoms with Crippen LogP contribution in [0.5, 0.6) is 0 Å². The summed E-state index contributed by atoms with van der Waals surface area (Å²) in [6.45, 7) is 13.0. The maximum absolute atomic E-state index is 12.2. The van der Waals surface area contributed by atoms with Crippen molar-refractivity contribution in [2.75, 3.05) is 13.6 Å². The van der Waals surface area contributed by atoms with Crippen LogP contribution < -0.4 is 0 Å². The van der Waals surface area contributed by atoms with Gasteiger partial charge in [0.15, 0.2) is 8.32 Å². The first-order chi connectivity index (χ1) is 9.42. The van der Waals surface area contributed by atoms with E-state index in [0.717, 1.165) is 0 Å². The van der Waals surface area contributed by atoms with E-state index in [1.54, 1.807) is 7.05 Å². The van der Waals surface area contributed by atoms with Gasteiger partial charge in [-0.3, -0.25) is 14.6 Å². The quantitative estimate of drug-likeness (QED) is 0.428. The van der Waals surface area contributed by atoms with Crippen molar-refractivity contribution in [3.63, 3.8) is 0 Å². The van der Waals surface area contributed by atoms with Crippen molar-refractivity contribution in [3.05, 3.63) is 10.7 Å². The molecule has 1 fully saturated rings. The minimum atomic E-state index is -1.91. The summed E-state index contributed by atoms with van der Waals surface area (Å²) in [4.78, 5) is 28.3. The summed E-state index contributed by atoms with van der Waals surface area (Å²) in [5.41, 5.74) is 0.347. The van der Waals surface area contributed by atoms with Crippen LogP contribution in [-0.4, -0.2) is 49.8 Å². The molecule has 0 aromatic rings. The van der Waals surface area contributed by atoms with Gasteiger partial charge in [0, 0.05) is 12.0 Å². The van der Waals surface area contributed by atoms with Crippen LogP contribution in [0.1, 0.15) is 27.7 Å². The van der Waals surface area contributed by atoms with Crippen molar-refractivity contribution in [2.45, 2.75) is 51.9 Å². The maximum atomic E-state index is 12.2. The predicted molar refractivity (Wildman–Crippen MR) is 89.6 cm³/mol. The lowest BCUT2D eigenvalue weighted by atomic mass is 10.2. The molecule has 0 radical (unpaired) electrons. The summed E-state index contributed by atoms with van der Waals surface area (Å²) in [7, 11) is -0.323. The Morgan fingerprint density at radius 1 is 1.33 bits per heavy atom. The minimum Gasteiger partial charge on any atom is -0.412 e. The SMILES string of the molecule is CC(CN1C(=O)/C(=C/Br)N(C)C1=O)O[Si](C)(C)C(C)(C)C. The van der Waals surface area contributed by atoms with Crippen molar-refractivity contribution in [3.8, 4) is 0 Å². The number of urea groups is 1. The van der Waals surface area contributed by atoms with Gasteiger partial charge in [0.05, 0.1) is 12.6 Å². The molecular weight excluding hydrogens is 352 g/mol. The van der Waals surface area contributed by atoms with E-state index in [-0.39, 0.29) is 29.6 Å². The lowest BCUT2D eigenvalue weighted by Crippen LogP contribution is -2.47. The van der Waals surface area contributed by atoms with E-state index in [9.17, 15) is 9.59 Å². The van der Waals surface area contributed by atoms with Crippen molar-refractivity contribution in [2.24, 2.45) is 0 Å². The molecule has 21 heavy (non-hydrogen) atoms. The average Bonchev–Trinajstić information content (AvgIpc) is 2.51. The van der Waals surface area contributed by atoms with Crippen molar-refractivity contribution in [1.82, 2.24) is 9.80 Å². The Hall–Kier alpha value is -0.663. The lowest BCUT2D eigenvalue weighted by molar-refractivity contribution is -0.123. The van der Waals surface area contributed by atoms with Crippen LogP contribution in [0, 0.1) is 0 Å². The Morgan fingerprint density at radius 2 is 1.86 bits per heavy atom. The summed E-state index contributed by atoms with van der Waals surface area (Å²) in [6.07, 6.45) is -0.179. The summed E-state index contributed by atoms with van der Waals surface area (Å²) >= 11 is 3.13. The van der Waals surface area contributed by atoms with E-state index in [0.29, 0.717) is 5.70 Å². The highest BCUT2D eigenvalue weighted by Gasteiger charge is 2.42. The van der Waals surface area contributed by atoms with Crippen LogP contribution in [0.2, 0.25) is 18.1 Å². The molecule has 1 aliphatic heterocycles. The van der Waals surface area contributed by atoms with Gasteiger partial charge in [-0.05, 0) is 25.1 Å². The second-order valence-corrected chi connectivity index (χ2v) is 12.2. The van der Waals surface area contributed by atoms with Crippen molar-refractivity contribution < 1.29 is 14.0 Å². The Morgan fingerprint density at radius 3 is 2.24 bits per heavy atom. The fraction of sp³-hybridized carbons (Fsp3) is 0.714. The smallest absolute Gasteiger partial charge is 0.331 e. The maximum Gasteiger partial charge on any atom is 0.331 e. The van der Waals surface area contributed by atoms with E-state index in [4.69, 9.17) is 4.43 Å². The molecule has 1 rings (SSSR count). The molecule has 1 unspecified atom stereocenters. The Bertz CT molecular complexity index is 471. The van der Waals surface area contributed by atoms with Gasteiger partial charge in [-0.1, -0.05) is 36.7 Å². The predicted octanol–water partition coefficient (Wildman–Crippen LogP) is 3.53. The highest BCUT2D eigenvalue weighted by molar-refractivity contribution is 9.11. The molecule has 3 amide bonds. The molecule has 0 bridgehead atoms. The summed E-state index contributed by atoms with van der Waals surface area (Å²) < 4.78 is 6.21. The van der Waals surface area contributed by atoms with Gasteiger partial charge in [0.1, 0.15) is 5.70 Å². The number of hydrogen-bond acceptors (Lipinski definition) is 3. The van der Waals surface area contributed by atoms with E-state index in [1.165, 1.54) is 14.8 Å². The Balaban J connectivity index is 2.79. The molecule has 5 nitrogen and oxygen atoms in total. The number of imide groups is 1. The first kappa shape index (κ1) is 18.4. The van der Waals surface area contributed by atoms with Crippen LogP contribution in [-0.2, 0) is 9.22 Å². The second-order valence-electron chi connectivity index (χ2n) is 6.94. The largest absolute Gasteiger partial charge is 0.412 e. The van der Waals surface area contributed by atoms with Gasteiger partial charge in [0.2, 0.25) is 0 Å². The van der Waals surface area contributed by atoms with E-state index in [1.807, 2.05) is 6.92 Å². The average molecular weight is 377 g/mol. The van der Waals surface area contributed by atoms with Crippen LogP contribution in [0.25, 0.3) is 0 Å². The number of likely N-dealkylation sites (N-methyl/N-ethyl adjacent to an activating group) is 1. The van der Waals surface area contributed by atoms with Crippen LogP contribution in [0.4, 0.5) is 4.79 Å². The number of nitrogens with zero attached hydrogens (tertiary/aromatic N) is 2. The topological polar surface area (TPSA) is 49.9 Å². The monoisotopic (exact) mass is 376 g/mol. The van der Waals surface area contributed by atoms with Gasteiger partial charge in [-0.25, -0.2) is 4.79 Å². The number of hydrogen-bond donors (Lipinski definition) is 0. The van der Waals surface area contributed by atoms with Crippen LogP contribution in [0.15, 0.2) is 10.7 Å². The molecule has 1 saturated heterocycles. The third-order valence-corrected chi connectivity index (χ3v) is 9.23. The number of rotatable bonds is 4. The standard InChI is InChI=1S/C14H25BrN2O3Si/c1-10(20-21(6,7)14(2,3)4)9-17-12(18)11(8-15)16(5)13(17)19/h8,10H,9H2,1-7H3/b11-8-. The fourth-order valence-electron chi connectivity index (χ4n) is 1.91. The van der Waals surface area contributed by atoms with Crippen LogP contribution in [0.3, 0.4) is 0 Å². The Kier molecular flexibility index (Phi) is 5.44. The molecule has 7 heteroatoms. The van der Waals surface area contributed by atoms with E-state index >= 15 is 0 Å². The lowest BCUT2D eigenvalue weighted by Gasteiger charge is -2.39. The van der Waals surface area contributed by atoms with Gasteiger partial charge in [0.25, 0.3) is 5.91 Å². The fourth-order valence-corrected chi connectivity index (χ4v) is 3.84. The number of amides is 3. The number of halogens is 1. The zero-order valence-electron chi connectivity index (χ0n) is 13.9. The van der Waals surface area contributed by atoms with Crippen LogP contribution >= 0.6 is 15.9 Å². The normalized spacial score (nSPS) is 20.7. The van der Waals surface area contributed by atoms with Gasteiger partial charge in [-0.15, -0.1) is 0 Å². The highest BCUT2D eigenvalue weighted by Crippen LogP contribution is 2.37. The molecule has 1 heterocycles. The van der Waals surface area contributed by atoms with Crippen molar-refractivity contribution in [1.29, 1.82) is 0 Å². The number of carbonyl (C=O) groups excluding carboxylic acids is 2. The third-order valence-electron chi connectivity index (χ3n) is 4.19. The summed E-state index contributed by atoms with van der Waals surface area (Å²) in [6, 6.07) is -0.309. The molecule has 1 aliphatic rings. The minimum absolute atomic E-state index is 0.0952. The molecule has 0 aromatic carbocycles. The zero-order valence-corrected chi connectivity index (χ0v) is 16.4. The molecule has 0 N–H and O–H groups in total. The summed E-state index contributed by atoms with van der Waals surface area (Å²) in [5, 5.41) is 0.0952. The summed E-state index contributed by atoms with van der Waals surface area (Å²) in [5.74, 6) is -0.287. The first-order valence-electron chi connectivity index (χ1n) is 7.00. The van der Waals surface area contributed by atoms with Gasteiger partial charge >= 0.3 is 6.03 Å². The van der Waals surface area contributed by atoms with Crippen molar-refractivity contribution >= 4 is 36.2 Å². The second kappa shape index (κ2) is 6.22. The van der Waals surface area contributed by atoms with E-state index in [2.05, 4.69) is 49.8 Å². The number of carbonyl (C=O) groups is 2.